The molecule has 2 atom stereocenters. The Bertz CT molecular complexity index is 1730. The Balaban J connectivity index is 1.57. The SMILES string of the molecule is CCOC(=O)c1sc(N2C(=O)C(=O)C(=C(O)c3ccc4c(c3)CC(C)O4)C2c2cccc3ccccc23)nc1C. The average Bonchev–Trinajstić information content (AvgIpc) is 3.59. The molecule has 40 heavy (non-hydrogen) atoms. The minimum absolute atomic E-state index is 0.00963. The van der Waals surface area contributed by atoms with Crippen LogP contribution in [0.1, 0.15) is 51.9 Å². The predicted molar refractivity (Wildman–Crippen MR) is 152 cm³/mol. The van der Waals surface area contributed by atoms with Crippen LogP contribution in [0.4, 0.5) is 5.13 Å². The molecule has 0 aliphatic carbocycles. The number of aromatic nitrogens is 1. The molecule has 3 heterocycles. The van der Waals surface area contributed by atoms with Crippen molar-refractivity contribution in [2.45, 2.75) is 39.3 Å². The zero-order chi connectivity index (χ0) is 28.1. The van der Waals surface area contributed by atoms with E-state index in [1.807, 2.05) is 49.4 Å². The number of ketones is 1. The number of esters is 1. The van der Waals surface area contributed by atoms with E-state index < -0.39 is 23.7 Å². The van der Waals surface area contributed by atoms with Crippen LogP contribution in [0, 0.1) is 6.92 Å². The number of benzene rings is 3. The van der Waals surface area contributed by atoms with Crippen molar-refractivity contribution in [1.29, 1.82) is 0 Å². The third kappa shape index (κ3) is 4.14. The van der Waals surface area contributed by atoms with Crippen molar-refractivity contribution in [2.75, 3.05) is 11.5 Å². The van der Waals surface area contributed by atoms with Crippen LogP contribution in [0.15, 0.2) is 66.2 Å². The van der Waals surface area contributed by atoms with Crippen LogP contribution in [-0.2, 0) is 20.7 Å². The van der Waals surface area contributed by atoms with Crippen molar-refractivity contribution in [1.82, 2.24) is 4.98 Å². The smallest absolute Gasteiger partial charge is 0.350 e. The van der Waals surface area contributed by atoms with Crippen LogP contribution < -0.4 is 9.64 Å². The van der Waals surface area contributed by atoms with Crippen molar-refractivity contribution in [3.63, 3.8) is 0 Å². The first-order valence-corrected chi connectivity index (χ1v) is 13.8. The summed E-state index contributed by atoms with van der Waals surface area (Å²) >= 11 is 0.987. The summed E-state index contributed by atoms with van der Waals surface area (Å²) < 4.78 is 11.0. The summed E-state index contributed by atoms with van der Waals surface area (Å²) in [4.78, 5) is 46.0. The molecule has 2 aliphatic rings. The maximum Gasteiger partial charge on any atom is 0.350 e. The topological polar surface area (TPSA) is 106 Å². The van der Waals surface area contributed by atoms with Crippen LogP contribution in [-0.4, -0.2) is 40.5 Å². The number of carbonyl (C=O) groups excluding carboxylic acids is 3. The number of aliphatic hydroxyl groups excluding tert-OH is 1. The summed E-state index contributed by atoms with van der Waals surface area (Å²) in [6.45, 7) is 5.52. The van der Waals surface area contributed by atoms with Crippen molar-refractivity contribution in [3.05, 3.63) is 93.5 Å². The number of aliphatic hydroxyl groups is 1. The van der Waals surface area contributed by atoms with E-state index in [2.05, 4.69) is 4.98 Å². The number of fused-ring (bicyclic) bond motifs is 2. The molecule has 2 unspecified atom stereocenters. The third-order valence-corrected chi connectivity index (χ3v) is 8.32. The number of thiazole rings is 1. The number of amides is 1. The molecule has 6 rings (SSSR count). The van der Waals surface area contributed by atoms with Gasteiger partial charge in [-0.3, -0.25) is 14.5 Å². The van der Waals surface area contributed by atoms with Gasteiger partial charge in [-0.2, -0.15) is 0 Å². The van der Waals surface area contributed by atoms with E-state index in [-0.39, 0.29) is 34.1 Å². The van der Waals surface area contributed by atoms with Crippen molar-refractivity contribution >= 4 is 50.7 Å². The fraction of sp³-hybridized carbons (Fsp3) is 0.226. The molecule has 8 nitrogen and oxygen atoms in total. The standard InChI is InChI=1S/C31H26N2O6S/c1-4-38-30(37)28-17(3)32-31(40-28)33-25(22-11-7-9-18-8-5-6-10-21(18)22)24(27(35)29(33)36)26(34)19-12-13-23-20(15-19)14-16(2)39-23/h5-13,15-16,25,34H,4,14H2,1-3H3. The van der Waals surface area contributed by atoms with E-state index in [4.69, 9.17) is 9.47 Å². The highest BCUT2D eigenvalue weighted by molar-refractivity contribution is 7.17. The number of anilines is 1. The summed E-state index contributed by atoms with van der Waals surface area (Å²) in [6.07, 6.45) is 0.683. The Kier molecular flexibility index (Phi) is 6.38. The lowest BCUT2D eigenvalue weighted by molar-refractivity contribution is -0.132. The lowest BCUT2D eigenvalue weighted by atomic mass is 9.91. The van der Waals surface area contributed by atoms with E-state index in [1.54, 1.807) is 32.0 Å². The molecule has 1 N–H and O–H groups in total. The van der Waals surface area contributed by atoms with Crippen LogP contribution in [0.3, 0.4) is 0 Å². The summed E-state index contributed by atoms with van der Waals surface area (Å²) in [7, 11) is 0. The molecule has 0 saturated carbocycles. The van der Waals surface area contributed by atoms with Crippen LogP contribution >= 0.6 is 11.3 Å². The number of hydrogen-bond acceptors (Lipinski definition) is 8. The van der Waals surface area contributed by atoms with E-state index >= 15 is 0 Å². The van der Waals surface area contributed by atoms with E-state index in [0.29, 0.717) is 23.2 Å². The molecule has 0 radical (unpaired) electrons. The molecule has 1 aromatic heterocycles. The minimum atomic E-state index is -0.977. The molecule has 9 heteroatoms. The maximum absolute atomic E-state index is 13.7. The summed E-state index contributed by atoms with van der Waals surface area (Å²) in [5.41, 5.74) is 2.34. The molecule has 1 saturated heterocycles. The molecular formula is C31H26N2O6S. The van der Waals surface area contributed by atoms with Gasteiger partial charge in [0.25, 0.3) is 5.78 Å². The highest BCUT2D eigenvalue weighted by Gasteiger charge is 2.49. The summed E-state index contributed by atoms with van der Waals surface area (Å²) in [5, 5.41) is 13.6. The van der Waals surface area contributed by atoms with Gasteiger partial charge in [0.05, 0.1) is 23.9 Å². The van der Waals surface area contributed by atoms with E-state index in [1.165, 1.54) is 4.90 Å². The highest BCUT2D eigenvalue weighted by atomic mass is 32.1. The van der Waals surface area contributed by atoms with Gasteiger partial charge in [-0.1, -0.05) is 53.8 Å². The van der Waals surface area contributed by atoms with Gasteiger partial charge in [0.1, 0.15) is 22.5 Å². The first-order chi connectivity index (χ1) is 19.3. The highest BCUT2D eigenvalue weighted by Crippen LogP contribution is 2.46. The van der Waals surface area contributed by atoms with Gasteiger partial charge in [0.2, 0.25) is 0 Å². The number of Topliss-reactive ketones (excluding diaryl/α,β-unsaturated/α-hetero) is 1. The maximum atomic E-state index is 13.7. The van der Waals surface area contributed by atoms with E-state index in [9.17, 15) is 19.5 Å². The molecule has 1 fully saturated rings. The van der Waals surface area contributed by atoms with Crippen LogP contribution in [0.2, 0.25) is 0 Å². The molecule has 0 spiro atoms. The molecular weight excluding hydrogens is 528 g/mol. The number of aryl methyl sites for hydroxylation is 1. The third-order valence-electron chi connectivity index (χ3n) is 7.18. The largest absolute Gasteiger partial charge is 0.507 e. The number of ether oxygens (including phenoxy) is 2. The predicted octanol–water partition coefficient (Wildman–Crippen LogP) is 5.73. The average molecular weight is 555 g/mol. The second kappa shape index (κ2) is 9.91. The molecule has 4 aromatic rings. The summed E-state index contributed by atoms with van der Waals surface area (Å²) in [6, 6.07) is 17.6. The number of carbonyl (C=O) groups is 3. The monoisotopic (exact) mass is 554 g/mol. The zero-order valence-corrected chi connectivity index (χ0v) is 23.0. The first kappa shape index (κ1) is 25.8. The quantitative estimate of drug-likeness (QED) is 0.145. The number of rotatable bonds is 5. The van der Waals surface area contributed by atoms with E-state index in [0.717, 1.165) is 33.4 Å². The Morgan fingerprint density at radius 3 is 2.73 bits per heavy atom. The van der Waals surface area contributed by atoms with Gasteiger partial charge in [-0.05, 0) is 60.9 Å². The molecule has 202 valence electrons. The van der Waals surface area contributed by atoms with Gasteiger partial charge < -0.3 is 14.6 Å². The van der Waals surface area contributed by atoms with Crippen LogP contribution in [0.5, 0.6) is 5.75 Å². The molecule has 1 amide bonds. The number of hydrogen-bond donors (Lipinski definition) is 1. The molecule has 2 aliphatic heterocycles. The zero-order valence-electron chi connectivity index (χ0n) is 22.1. The van der Waals surface area contributed by atoms with Gasteiger partial charge >= 0.3 is 11.9 Å². The van der Waals surface area contributed by atoms with Crippen molar-refractivity contribution in [2.24, 2.45) is 0 Å². The Hall–Kier alpha value is -4.50. The number of nitrogens with zero attached hydrogens (tertiary/aromatic N) is 2. The Labute approximate surface area is 234 Å². The lowest BCUT2D eigenvalue weighted by Crippen LogP contribution is -2.29. The van der Waals surface area contributed by atoms with Gasteiger partial charge in [-0.25, -0.2) is 9.78 Å². The van der Waals surface area contributed by atoms with Gasteiger partial charge in [-0.15, -0.1) is 0 Å². The van der Waals surface area contributed by atoms with Crippen LogP contribution in [0.25, 0.3) is 16.5 Å². The van der Waals surface area contributed by atoms with Crippen molar-refractivity contribution < 1.29 is 29.0 Å². The first-order valence-electron chi connectivity index (χ1n) is 13.0. The lowest BCUT2D eigenvalue weighted by Gasteiger charge is -2.24. The fourth-order valence-electron chi connectivity index (χ4n) is 5.41. The Morgan fingerprint density at radius 1 is 1.15 bits per heavy atom. The summed E-state index contributed by atoms with van der Waals surface area (Å²) in [5.74, 6) is -1.75. The molecule has 3 aromatic carbocycles. The Morgan fingerprint density at radius 2 is 1.93 bits per heavy atom. The van der Waals surface area contributed by atoms with Crippen molar-refractivity contribution in [3.8, 4) is 5.75 Å². The second-order valence-corrected chi connectivity index (χ2v) is 10.8. The fourth-order valence-corrected chi connectivity index (χ4v) is 6.40. The minimum Gasteiger partial charge on any atom is -0.507 e. The molecule has 0 bridgehead atoms. The second-order valence-electron chi connectivity index (χ2n) is 9.82. The van der Waals surface area contributed by atoms with Gasteiger partial charge in [0.15, 0.2) is 5.13 Å². The van der Waals surface area contributed by atoms with Gasteiger partial charge in [0, 0.05) is 12.0 Å². The normalized spacial score (nSPS) is 19.6.